The second-order valence-corrected chi connectivity index (χ2v) is 6.67. The van der Waals surface area contributed by atoms with E-state index in [0.29, 0.717) is 17.1 Å². The van der Waals surface area contributed by atoms with Crippen LogP contribution in [0.3, 0.4) is 0 Å². The van der Waals surface area contributed by atoms with Gasteiger partial charge >= 0.3 is 11.8 Å². The highest BCUT2D eigenvalue weighted by Crippen LogP contribution is 2.23. The van der Waals surface area contributed by atoms with E-state index >= 15 is 0 Å². The summed E-state index contributed by atoms with van der Waals surface area (Å²) in [6, 6.07) is 21.5. The van der Waals surface area contributed by atoms with Crippen LogP contribution in [0.25, 0.3) is 0 Å². The van der Waals surface area contributed by atoms with Crippen LogP contribution < -0.4 is 15.4 Å². The number of halogens is 1. The van der Waals surface area contributed by atoms with Crippen LogP contribution in [0.5, 0.6) is 11.5 Å². The molecule has 0 saturated heterocycles. The molecule has 0 heterocycles. The Kier molecular flexibility index (Phi) is 5.88. The van der Waals surface area contributed by atoms with Crippen molar-refractivity contribution >= 4 is 39.1 Å². The molecule has 0 aromatic heterocycles. The summed E-state index contributed by atoms with van der Waals surface area (Å²) >= 11 is 3.39. The normalized spacial score (nSPS) is 10.1. The van der Waals surface area contributed by atoms with E-state index in [4.69, 9.17) is 4.74 Å². The van der Waals surface area contributed by atoms with Gasteiger partial charge in [-0.05, 0) is 67.1 Å². The van der Waals surface area contributed by atoms with Crippen LogP contribution in [0.15, 0.2) is 77.3 Å². The number of ether oxygens (including phenoxy) is 1. The summed E-state index contributed by atoms with van der Waals surface area (Å²) in [5, 5.41) is 5.14. The molecule has 5 nitrogen and oxygen atoms in total. The predicted octanol–water partition coefficient (Wildman–Crippen LogP) is 5.13. The van der Waals surface area contributed by atoms with Crippen LogP contribution in [0.4, 0.5) is 11.4 Å². The number of para-hydroxylation sites is 1. The number of carbonyl (C=O) groups is 2. The molecule has 0 spiro atoms. The smallest absolute Gasteiger partial charge is 0.314 e. The van der Waals surface area contributed by atoms with Gasteiger partial charge in [-0.1, -0.05) is 34.1 Å². The first kappa shape index (κ1) is 18.7. The minimum atomic E-state index is -0.743. The maximum Gasteiger partial charge on any atom is 0.314 e. The number of benzene rings is 3. The van der Waals surface area contributed by atoms with E-state index in [1.165, 1.54) is 0 Å². The molecule has 6 heteroatoms. The maximum absolute atomic E-state index is 12.1. The molecule has 2 amide bonds. The Hall–Kier alpha value is -3.12. The number of hydrogen-bond donors (Lipinski definition) is 2. The summed E-state index contributed by atoms with van der Waals surface area (Å²) in [6.07, 6.45) is 0. The molecule has 3 aromatic rings. The quantitative estimate of drug-likeness (QED) is 0.570. The highest BCUT2D eigenvalue weighted by molar-refractivity contribution is 9.10. The van der Waals surface area contributed by atoms with Crippen molar-refractivity contribution in [1.29, 1.82) is 0 Å². The molecule has 0 aliphatic rings. The molecule has 0 aliphatic heterocycles. The Morgan fingerprint density at radius 1 is 0.778 bits per heavy atom. The molecule has 0 radical (unpaired) electrons. The van der Waals surface area contributed by atoms with Crippen LogP contribution in [-0.4, -0.2) is 11.8 Å². The Labute approximate surface area is 165 Å². The van der Waals surface area contributed by atoms with Gasteiger partial charge in [-0.3, -0.25) is 9.59 Å². The third-order valence-corrected chi connectivity index (χ3v) is 4.60. The number of nitrogens with one attached hydrogen (secondary N) is 2. The molecule has 0 aliphatic carbocycles. The van der Waals surface area contributed by atoms with Gasteiger partial charge in [0, 0.05) is 15.8 Å². The SMILES string of the molecule is Cc1cc(NC(=O)C(=O)Nc2ccc(Oc3ccccc3)cc2)ccc1Br. The van der Waals surface area contributed by atoms with E-state index in [9.17, 15) is 9.59 Å². The molecule has 0 bridgehead atoms. The Morgan fingerprint density at radius 2 is 1.33 bits per heavy atom. The van der Waals surface area contributed by atoms with Gasteiger partial charge in [-0.15, -0.1) is 0 Å². The van der Waals surface area contributed by atoms with Crippen molar-refractivity contribution in [3.05, 3.63) is 82.8 Å². The monoisotopic (exact) mass is 424 g/mol. The average Bonchev–Trinajstić information content (AvgIpc) is 2.67. The van der Waals surface area contributed by atoms with Crippen molar-refractivity contribution in [3.8, 4) is 11.5 Å². The van der Waals surface area contributed by atoms with E-state index in [1.807, 2.05) is 43.3 Å². The van der Waals surface area contributed by atoms with Gasteiger partial charge < -0.3 is 15.4 Å². The third kappa shape index (κ3) is 5.18. The zero-order valence-corrected chi connectivity index (χ0v) is 16.1. The fourth-order valence-electron chi connectivity index (χ4n) is 2.33. The molecule has 0 atom stereocenters. The number of anilines is 2. The van der Waals surface area contributed by atoms with E-state index in [-0.39, 0.29) is 0 Å². The lowest BCUT2D eigenvalue weighted by Crippen LogP contribution is -2.29. The van der Waals surface area contributed by atoms with Gasteiger partial charge in [0.15, 0.2) is 0 Å². The van der Waals surface area contributed by atoms with Gasteiger partial charge in [-0.2, -0.15) is 0 Å². The maximum atomic E-state index is 12.1. The lowest BCUT2D eigenvalue weighted by molar-refractivity contribution is -0.132. The first-order chi connectivity index (χ1) is 13.0. The second-order valence-electron chi connectivity index (χ2n) is 5.81. The standard InChI is InChI=1S/C21H17BrN2O3/c1-14-13-16(9-12-19(14)22)24-21(26)20(25)23-15-7-10-18(11-8-15)27-17-5-3-2-4-6-17/h2-13H,1H3,(H,23,25)(H,24,26). The Morgan fingerprint density at radius 3 is 1.96 bits per heavy atom. The van der Waals surface area contributed by atoms with E-state index in [1.54, 1.807) is 36.4 Å². The van der Waals surface area contributed by atoms with Crippen LogP contribution >= 0.6 is 15.9 Å². The van der Waals surface area contributed by atoms with E-state index in [0.717, 1.165) is 15.8 Å². The summed E-state index contributed by atoms with van der Waals surface area (Å²) in [5.74, 6) is -0.124. The van der Waals surface area contributed by atoms with Crippen LogP contribution in [0, 0.1) is 6.92 Å². The number of rotatable bonds is 4. The molecule has 2 N–H and O–H groups in total. The van der Waals surface area contributed by atoms with Crippen molar-refractivity contribution < 1.29 is 14.3 Å². The van der Waals surface area contributed by atoms with Crippen molar-refractivity contribution in [2.24, 2.45) is 0 Å². The zero-order valence-electron chi connectivity index (χ0n) is 14.5. The van der Waals surface area contributed by atoms with Crippen molar-refractivity contribution in [2.75, 3.05) is 10.6 Å². The molecule has 27 heavy (non-hydrogen) atoms. The van der Waals surface area contributed by atoms with E-state index < -0.39 is 11.8 Å². The van der Waals surface area contributed by atoms with Crippen molar-refractivity contribution in [3.63, 3.8) is 0 Å². The fraction of sp³-hybridized carbons (Fsp3) is 0.0476. The molecule has 3 rings (SSSR count). The molecular formula is C21H17BrN2O3. The van der Waals surface area contributed by atoms with Gasteiger partial charge in [0.25, 0.3) is 0 Å². The van der Waals surface area contributed by atoms with Gasteiger partial charge in [0.1, 0.15) is 11.5 Å². The van der Waals surface area contributed by atoms with Crippen molar-refractivity contribution in [2.45, 2.75) is 6.92 Å². The minimum absolute atomic E-state index is 0.502. The van der Waals surface area contributed by atoms with Crippen LogP contribution in [0.1, 0.15) is 5.56 Å². The summed E-state index contributed by atoms with van der Waals surface area (Å²) in [6.45, 7) is 1.90. The fourth-order valence-corrected chi connectivity index (χ4v) is 2.58. The summed E-state index contributed by atoms with van der Waals surface area (Å²) in [5.41, 5.74) is 2.02. The number of aryl methyl sites for hydroxylation is 1. The lowest BCUT2D eigenvalue weighted by Gasteiger charge is -2.09. The number of carbonyl (C=O) groups excluding carboxylic acids is 2. The van der Waals surface area contributed by atoms with Crippen LogP contribution in [0.2, 0.25) is 0 Å². The Bertz CT molecular complexity index is 957. The average molecular weight is 425 g/mol. The molecular weight excluding hydrogens is 408 g/mol. The molecule has 136 valence electrons. The van der Waals surface area contributed by atoms with Crippen LogP contribution in [-0.2, 0) is 9.59 Å². The second kappa shape index (κ2) is 8.51. The van der Waals surface area contributed by atoms with Gasteiger partial charge in [-0.25, -0.2) is 0 Å². The highest BCUT2D eigenvalue weighted by Gasteiger charge is 2.14. The first-order valence-electron chi connectivity index (χ1n) is 8.23. The summed E-state index contributed by atoms with van der Waals surface area (Å²) < 4.78 is 6.62. The molecule has 0 saturated carbocycles. The van der Waals surface area contributed by atoms with Crippen molar-refractivity contribution in [1.82, 2.24) is 0 Å². The summed E-state index contributed by atoms with van der Waals surface area (Å²) in [4.78, 5) is 24.1. The molecule has 0 unspecified atom stereocenters. The predicted molar refractivity (Wildman–Crippen MR) is 109 cm³/mol. The third-order valence-electron chi connectivity index (χ3n) is 3.71. The minimum Gasteiger partial charge on any atom is -0.457 e. The van der Waals surface area contributed by atoms with Gasteiger partial charge in [0.2, 0.25) is 0 Å². The largest absolute Gasteiger partial charge is 0.457 e. The number of hydrogen-bond acceptors (Lipinski definition) is 3. The molecule has 0 fully saturated rings. The number of amides is 2. The zero-order chi connectivity index (χ0) is 19.2. The highest BCUT2D eigenvalue weighted by atomic mass is 79.9. The first-order valence-corrected chi connectivity index (χ1v) is 9.02. The van der Waals surface area contributed by atoms with E-state index in [2.05, 4.69) is 26.6 Å². The lowest BCUT2D eigenvalue weighted by atomic mass is 10.2. The topological polar surface area (TPSA) is 67.4 Å². The molecule has 3 aromatic carbocycles. The Balaban J connectivity index is 1.58. The summed E-state index contributed by atoms with van der Waals surface area (Å²) in [7, 11) is 0. The van der Waals surface area contributed by atoms with Gasteiger partial charge in [0.05, 0.1) is 0 Å².